The molecular weight excluding hydrogens is 325 g/mol. The Balaban J connectivity index is 2.28. The van der Waals surface area contributed by atoms with E-state index in [1.807, 2.05) is 0 Å². The number of carbonyl (C=O) groups is 1. The first-order valence-corrected chi connectivity index (χ1v) is 6.95. The van der Waals surface area contributed by atoms with E-state index < -0.39 is 17.5 Å². The van der Waals surface area contributed by atoms with Crippen LogP contribution in [-0.2, 0) is 16.1 Å². The maximum atomic E-state index is 13.2. The lowest BCUT2D eigenvalue weighted by molar-refractivity contribution is -0.116. The number of hydrogen-bond donors (Lipinski definition) is 0. The first-order valence-electron chi connectivity index (χ1n) is 5.83. The van der Waals surface area contributed by atoms with Crippen LogP contribution >= 0.6 is 15.9 Å². The minimum atomic E-state index is -0.952. The SMILES string of the molecule is O=C(CBr)CCCCOCc1c(F)cc(F)cc1F. The van der Waals surface area contributed by atoms with Crippen molar-refractivity contribution in [3.8, 4) is 0 Å². The molecule has 6 heteroatoms. The van der Waals surface area contributed by atoms with Crippen molar-refractivity contribution in [2.24, 2.45) is 0 Å². The Kier molecular flexibility index (Phi) is 7.09. The lowest BCUT2D eigenvalue weighted by Crippen LogP contribution is -2.03. The van der Waals surface area contributed by atoms with Crippen LogP contribution < -0.4 is 0 Å². The summed E-state index contributed by atoms with van der Waals surface area (Å²) in [6.45, 7) is 0.0517. The average molecular weight is 339 g/mol. The zero-order valence-corrected chi connectivity index (χ0v) is 11.8. The van der Waals surface area contributed by atoms with Gasteiger partial charge in [-0.3, -0.25) is 4.79 Å². The van der Waals surface area contributed by atoms with Crippen molar-refractivity contribution in [3.63, 3.8) is 0 Å². The number of hydrogen-bond acceptors (Lipinski definition) is 2. The number of ether oxygens (including phenoxy) is 1. The highest BCUT2D eigenvalue weighted by molar-refractivity contribution is 9.09. The lowest BCUT2D eigenvalue weighted by atomic mass is 10.2. The van der Waals surface area contributed by atoms with Crippen LogP contribution in [0.15, 0.2) is 12.1 Å². The van der Waals surface area contributed by atoms with Gasteiger partial charge in [-0.15, -0.1) is 0 Å². The van der Waals surface area contributed by atoms with E-state index in [1.165, 1.54) is 0 Å². The summed E-state index contributed by atoms with van der Waals surface area (Å²) in [5.74, 6) is -2.75. The molecule has 0 aromatic heterocycles. The standard InChI is InChI=1S/C13H14BrF3O2/c14-7-10(18)3-1-2-4-19-8-11-12(16)5-9(15)6-13(11)17/h5-6H,1-4,7-8H2. The van der Waals surface area contributed by atoms with Crippen molar-refractivity contribution in [1.82, 2.24) is 0 Å². The second-order valence-electron chi connectivity index (χ2n) is 4.03. The number of Topliss-reactive ketones (excluding diaryl/α,β-unsaturated/α-hetero) is 1. The van der Waals surface area contributed by atoms with Crippen molar-refractivity contribution < 1.29 is 22.7 Å². The molecule has 0 amide bonds. The Hall–Kier alpha value is -0.880. The normalized spacial score (nSPS) is 10.7. The average Bonchev–Trinajstić information content (AvgIpc) is 2.35. The second kappa shape index (κ2) is 8.32. The minimum Gasteiger partial charge on any atom is -0.377 e. The molecule has 1 aromatic carbocycles. The van der Waals surface area contributed by atoms with E-state index in [4.69, 9.17) is 4.74 Å². The maximum Gasteiger partial charge on any atom is 0.143 e. The zero-order chi connectivity index (χ0) is 14.3. The molecule has 0 spiro atoms. The van der Waals surface area contributed by atoms with Gasteiger partial charge in [0.05, 0.1) is 11.9 Å². The third-order valence-electron chi connectivity index (χ3n) is 2.50. The molecular formula is C13H14BrF3O2. The third kappa shape index (κ3) is 5.74. The van der Waals surface area contributed by atoms with E-state index in [-0.39, 0.29) is 18.0 Å². The molecule has 0 aliphatic carbocycles. The summed E-state index contributed by atoms with van der Waals surface area (Å²) in [7, 11) is 0. The molecule has 0 N–H and O–H groups in total. The minimum absolute atomic E-state index is 0.107. The molecule has 0 saturated heterocycles. The Morgan fingerprint density at radius 3 is 2.37 bits per heavy atom. The number of carbonyl (C=O) groups excluding carboxylic acids is 1. The first-order chi connectivity index (χ1) is 9.04. The molecule has 0 heterocycles. The van der Waals surface area contributed by atoms with Crippen molar-refractivity contribution in [1.29, 1.82) is 0 Å². The van der Waals surface area contributed by atoms with Gasteiger partial charge >= 0.3 is 0 Å². The zero-order valence-electron chi connectivity index (χ0n) is 10.2. The summed E-state index contributed by atoms with van der Waals surface area (Å²) < 4.78 is 44.2. The fourth-order valence-electron chi connectivity index (χ4n) is 1.48. The molecule has 0 fully saturated rings. The molecule has 0 atom stereocenters. The molecule has 1 rings (SSSR count). The summed E-state index contributed by atoms with van der Waals surface area (Å²) >= 11 is 3.06. The number of alkyl halides is 1. The summed E-state index contributed by atoms with van der Waals surface area (Å²) in [4.78, 5) is 11.0. The highest BCUT2D eigenvalue weighted by Crippen LogP contribution is 2.15. The van der Waals surface area contributed by atoms with E-state index in [0.717, 1.165) is 0 Å². The fourth-order valence-corrected chi connectivity index (χ4v) is 1.76. The van der Waals surface area contributed by atoms with Crippen LogP contribution in [0.5, 0.6) is 0 Å². The topological polar surface area (TPSA) is 26.3 Å². The lowest BCUT2D eigenvalue weighted by Gasteiger charge is -2.06. The monoisotopic (exact) mass is 338 g/mol. The Morgan fingerprint density at radius 2 is 1.79 bits per heavy atom. The molecule has 2 nitrogen and oxygen atoms in total. The Morgan fingerprint density at radius 1 is 1.16 bits per heavy atom. The summed E-state index contributed by atoms with van der Waals surface area (Å²) in [6, 6.07) is 1.24. The van der Waals surface area contributed by atoms with Crippen LogP contribution in [0.4, 0.5) is 13.2 Å². The van der Waals surface area contributed by atoms with E-state index >= 15 is 0 Å². The van der Waals surface area contributed by atoms with Gasteiger partial charge in [0, 0.05) is 30.7 Å². The van der Waals surface area contributed by atoms with Crippen LogP contribution in [0, 0.1) is 17.5 Å². The highest BCUT2D eigenvalue weighted by Gasteiger charge is 2.11. The van der Waals surface area contributed by atoms with Gasteiger partial charge in [0.25, 0.3) is 0 Å². The van der Waals surface area contributed by atoms with Crippen molar-refractivity contribution >= 4 is 21.7 Å². The van der Waals surface area contributed by atoms with Gasteiger partial charge < -0.3 is 4.74 Å². The molecule has 19 heavy (non-hydrogen) atoms. The second-order valence-corrected chi connectivity index (χ2v) is 4.59. The molecule has 0 saturated carbocycles. The summed E-state index contributed by atoms with van der Waals surface area (Å²) in [5.41, 5.74) is -0.280. The van der Waals surface area contributed by atoms with Gasteiger partial charge in [0.2, 0.25) is 0 Å². The fraction of sp³-hybridized carbons (Fsp3) is 0.462. The van der Waals surface area contributed by atoms with Gasteiger partial charge in [-0.25, -0.2) is 13.2 Å². The number of rotatable bonds is 8. The van der Waals surface area contributed by atoms with E-state index in [1.54, 1.807) is 0 Å². The highest BCUT2D eigenvalue weighted by atomic mass is 79.9. The van der Waals surface area contributed by atoms with E-state index in [9.17, 15) is 18.0 Å². The molecule has 0 radical (unpaired) electrons. The van der Waals surface area contributed by atoms with Crippen molar-refractivity contribution in [2.45, 2.75) is 25.9 Å². The molecule has 0 aliphatic rings. The van der Waals surface area contributed by atoms with Crippen LogP contribution in [0.2, 0.25) is 0 Å². The number of ketones is 1. The summed E-state index contributed by atoms with van der Waals surface area (Å²) in [5, 5.41) is 0.333. The van der Waals surface area contributed by atoms with Crippen molar-refractivity contribution in [2.75, 3.05) is 11.9 Å². The summed E-state index contributed by atoms with van der Waals surface area (Å²) in [6.07, 6.45) is 1.75. The predicted molar refractivity (Wildman–Crippen MR) is 68.6 cm³/mol. The molecule has 1 aromatic rings. The molecule has 106 valence electrons. The van der Waals surface area contributed by atoms with Crippen LogP contribution in [-0.4, -0.2) is 17.7 Å². The third-order valence-corrected chi connectivity index (χ3v) is 3.12. The van der Waals surface area contributed by atoms with Gasteiger partial charge in [0.15, 0.2) is 0 Å². The predicted octanol–water partition coefficient (Wildman–Crippen LogP) is 3.75. The quantitative estimate of drug-likeness (QED) is 0.533. The van der Waals surface area contributed by atoms with Crippen LogP contribution in [0.25, 0.3) is 0 Å². The van der Waals surface area contributed by atoms with Crippen LogP contribution in [0.3, 0.4) is 0 Å². The Labute approximate surface area is 118 Å². The van der Waals surface area contributed by atoms with Crippen LogP contribution in [0.1, 0.15) is 24.8 Å². The number of halogens is 4. The van der Waals surface area contributed by atoms with E-state index in [2.05, 4.69) is 15.9 Å². The first kappa shape index (κ1) is 16.2. The van der Waals surface area contributed by atoms with Gasteiger partial charge in [-0.05, 0) is 12.8 Å². The molecule has 0 unspecified atom stereocenters. The molecule has 0 bridgehead atoms. The molecule has 0 aliphatic heterocycles. The van der Waals surface area contributed by atoms with Gasteiger partial charge in [0.1, 0.15) is 23.2 Å². The van der Waals surface area contributed by atoms with Gasteiger partial charge in [-0.1, -0.05) is 15.9 Å². The van der Waals surface area contributed by atoms with Gasteiger partial charge in [-0.2, -0.15) is 0 Å². The number of benzene rings is 1. The Bertz CT molecular complexity index is 415. The number of unbranched alkanes of at least 4 members (excludes halogenated alkanes) is 1. The smallest absolute Gasteiger partial charge is 0.143 e. The maximum absolute atomic E-state index is 13.2. The van der Waals surface area contributed by atoms with Crippen molar-refractivity contribution in [3.05, 3.63) is 35.1 Å². The largest absolute Gasteiger partial charge is 0.377 e. The van der Waals surface area contributed by atoms with E-state index in [0.29, 0.717) is 43.3 Å².